The third kappa shape index (κ3) is 1.61. The summed E-state index contributed by atoms with van der Waals surface area (Å²) in [5, 5.41) is 2.77. The van der Waals surface area contributed by atoms with E-state index in [1.807, 2.05) is 18.2 Å². The van der Waals surface area contributed by atoms with Crippen LogP contribution in [0.1, 0.15) is 0 Å². The van der Waals surface area contributed by atoms with Crippen molar-refractivity contribution in [2.75, 3.05) is 19.5 Å². The van der Waals surface area contributed by atoms with Gasteiger partial charge in [0.1, 0.15) is 0 Å². The molecule has 0 atom stereocenters. The highest BCUT2D eigenvalue weighted by Crippen LogP contribution is 2.29. The fourth-order valence-corrected chi connectivity index (χ4v) is 0.946. The van der Waals surface area contributed by atoms with Gasteiger partial charge in [-0.15, -0.1) is 0 Å². The molecule has 0 unspecified atom stereocenters. The van der Waals surface area contributed by atoms with Crippen LogP contribution < -0.4 is 14.8 Å². The Labute approximate surface area is 72.3 Å². The van der Waals surface area contributed by atoms with Crippen molar-refractivity contribution in [1.82, 2.24) is 0 Å². The third-order valence-electron chi connectivity index (χ3n) is 1.59. The second kappa shape index (κ2) is 3.85. The van der Waals surface area contributed by atoms with Crippen LogP contribution in [0.15, 0.2) is 18.2 Å². The number of hydrogen-bond acceptors (Lipinski definition) is 3. The van der Waals surface area contributed by atoms with Crippen molar-refractivity contribution in [2.24, 2.45) is 0 Å². The zero-order chi connectivity index (χ0) is 8.97. The Morgan fingerprint density at radius 3 is 2.33 bits per heavy atom. The molecule has 3 nitrogen and oxygen atoms in total. The number of hydrogen-bond donors (Lipinski definition) is 1. The Hall–Kier alpha value is -1.38. The van der Waals surface area contributed by atoms with Gasteiger partial charge >= 0.3 is 0 Å². The van der Waals surface area contributed by atoms with Crippen LogP contribution in [0.2, 0.25) is 0 Å². The Kier molecular flexibility index (Phi) is 2.80. The van der Waals surface area contributed by atoms with Crippen molar-refractivity contribution in [3.05, 3.63) is 25.2 Å². The molecule has 0 bridgehead atoms. The molecule has 1 radical (unpaired) electrons. The molecule has 3 heteroatoms. The summed E-state index contributed by atoms with van der Waals surface area (Å²) in [6.07, 6.45) is 0. The second-order valence-electron chi connectivity index (χ2n) is 2.25. The van der Waals surface area contributed by atoms with Crippen molar-refractivity contribution < 1.29 is 9.47 Å². The van der Waals surface area contributed by atoms with E-state index in [1.165, 1.54) is 0 Å². The summed E-state index contributed by atoms with van der Waals surface area (Å²) in [5.74, 6) is 1.42. The second-order valence-corrected chi connectivity index (χ2v) is 2.25. The van der Waals surface area contributed by atoms with Gasteiger partial charge in [0, 0.05) is 18.8 Å². The van der Waals surface area contributed by atoms with E-state index in [-0.39, 0.29) is 0 Å². The molecule has 0 aromatic heterocycles. The van der Waals surface area contributed by atoms with Crippen LogP contribution in [-0.2, 0) is 0 Å². The molecule has 0 heterocycles. The van der Waals surface area contributed by atoms with Crippen molar-refractivity contribution in [3.63, 3.8) is 0 Å². The van der Waals surface area contributed by atoms with E-state index in [2.05, 4.69) is 12.4 Å². The maximum Gasteiger partial charge on any atom is 0.162 e. The lowest BCUT2D eigenvalue weighted by atomic mass is 10.3. The molecule has 1 aromatic carbocycles. The fourth-order valence-electron chi connectivity index (χ4n) is 0.946. The van der Waals surface area contributed by atoms with E-state index in [9.17, 15) is 0 Å². The molecule has 0 fully saturated rings. The summed E-state index contributed by atoms with van der Waals surface area (Å²) < 4.78 is 10.1. The first kappa shape index (κ1) is 8.71. The number of rotatable bonds is 3. The normalized spacial score (nSPS) is 9.25. The largest absolute Gasteiger partial charge is 0.493 e. The van der Waals surface area contributed by atoms with Gasteiger partial charge in [0.15, 0.2) is 11.5 Å². The van der Waals surface area contributed by atoms with Gasteiger partial charge in [0.05, 0.1) is 14.2 Å². The summed E-state index contributed by atoms with van der Waals surface area (Å²) in [5.41, 5.74) is 0.896. The van der Waals surface area contributed by atoms with Crippen LogP contribution in [0.25, 0.3) is 0 Å². The Morgan fingerprint density at radius 1 is 1.17 bits per heavy atom. The summed E-state index contributed by atoms with van der Waals surface area (Å²) in [4.78, 5) is 0. The van der Waals surface area contributed by atoms with Gasteiger partial charge < -0.3 is 14.8 Å². The Morgan fingerprint density at radius 2 is 1.83 bits per heavy atom. The highest BCUT2D eigenvalue weighted by Gasteiger charge is 2.02. The van der Waals surface area contributed by atoms with Crippen molar-refractivity contribution >= 4 is 5.69 Å². The summed E-state index contributed by atoms with van der Waals surface area (Å²) in [6, 6.07) is 5.52. The van der Waals surface area contributed by atoms with Gasteiger partial charge in [0.25, 0.3) is 0 Å². The average Bonchev–Trinajstić information content (AvgIpc) is 2.16. The topological polar surface area (TPSA) is 30.5 Å². The van der Waals surface area contributed by atoms with Gasteiger partial charge in [-0.05, 0) is 12.1 Å². The average molecular weight is 166 g/mol. The number of methoxy groups -OCH3 is 2. The van der Waals surface area contributed by atoms with E-state index in [1.54, 1.807) is 14.2 Å². The van der Waals surface area contributed by atoms with Crippen molar-refractivity contribution in [3.8, 4) is 11.5 Å². The van der Waals surface area contributed by atoms with E-state index < -0.39 is 0 Å². The Bertz CT molecular complexity index is 261. The molecular weight excluding hydrogens is 154 g/mol. The maximum absolute atomic E-state index is 5.09. The van der Waals surface area contributed by atoms with Crippen molar-refractivity contribution in [2.45, 2.75) is 0 Å². The molecule has 1 rings (SSSR count). The minimum atomic E-state index is 0.700. The lowest BCUT2D eigenvalue weighted by Gasteiger charge is -2.08. The summed E-state index contributed by atoms with van der Waals surface area (Å²) >= 11 is 0. The smallest absolute Gasteiger partial charge is 0.162 e. The van der Waals surface area contributed by atoms with Gasteiger partial charge in [-0.1, -0.05) is 0 Å². The quantitative estimate of drug-likeness (QED) is 0.744. The zero-order valence-electron chi connectivity index (χ0n) is 7.26. The van der Waals surface area contributed by atoms with E-state index in [0.717, 1.165) is 11.4 Å². The van der Waals surface area contributed by atoms with Crippen LogP contribution >= 0.6 is 0 Å². The Balaban J connectivity index is 3.02. The van der Waals surface area contributed by atoms with Gasteiger partial charge in [-0.2, -0.15) is 0 Å². The van der Waals surface area contributed by atoms with Gasteiger partial charge in [-0.25, -0.2) is 0 Å². The molecule has 65 valence electrons. The van der Waals surface area contributed by atoms with Crippen LogP contribution in [-0.4, -0.2) is 14.2 Å². The molecule has 1 aromatic rings. The summed E-state index contributed by atoms with van der Waals surface area (Å²) in [7, 11) is 6.75. The lowest BCUT2D eigenvalue weighted by Crippen LogP contribution is -1.92. The maximum atomic E-state index is 5.09. The van der Waals surface area contributed by atoms with Crippen LogP contribution in [0, 0.1) is 7.05 Å². The predicted octanol–water partition coefficient (Wildman–Crippen LogP) is 1.91. The predicted molar refractivity (Wildman–Crippen MR) is 48.5 cm³/mol. The first-order valence-corrected chi connectivity index (χ1v) is 3.57. The fraction of sp³-hybridized carbons (Fsp3) is 0.222. The number of nitrogens with one attached hydrogen (secondary N) is 1. The first-order valence-electron chi connectivity index (χ1n) is 3.57. The zero-order valence-corrected chi connectivity index (χ0v) is 7.26. The van der Waals surface area contributed by atoms with E-state index in [0.29, 0.717) is 5.75 Å². The molecular formula is C9H12NO2. The van der Waals surface area contributed by atoms with E-state index >= 15 is 0 Å². The minimum absolute atomic E-state index is 0.700. The minimum Gasteiger partial charge on any atom is -0.493 e. The van der Waals surface area contributed by atoms with Gasteiger partial charge in [-0.3, -0.25) is 0 Å². The van der Waals surface area contributed by atoms with Crippen molar-refractivity contribution in [1.29, 1.82) is 0 Å². The lowest BCUT2D eigenvalue weighted by molar-refractivity contribution is 0.355. The summed E-state index contributed by atoms with van der Waals surface area (Å²) in [6.45, 7) is 0. The molecule has 1 N–H and O–H groups in total. The third-order valence-corrected chi connectivity index (χ3v) is 1.59. The molecule has 0 spiro atoms. The van der Waals surface area contributed by atoms with Crippen LogP contribution in [0.5, 0.6) is 11.5 Å². The standard InChI is InChI=1S/C9H12NO2/c1-10-7-4-5-8(11-2)9(6-7)12-3/h4-6,10H,1H2,2-3H3. The molecule has 0 aliphatic heterocycles. The number of anilines is 1. The van der Waals surface area contributed by atoms with Crippen LogP contribution in [0.4, 0.5) is 5.69 Å². The number of benzene rings is 1. The van der Waals surface area contributed by atoms with E-state index in [4.69, 9.17) is 9.47 Å². The first-order chi connectivity index (χ1) is 5.81. The molecule has 0 saturated heterocycles. The number of ether oxygens (including phenoxy) is 2. The molecule has 0 aliphatic rings. The molecule has 0 amide bonds. The molecule has 0 saturated carbocycles. The monoisotopic (exact) mass is 166 g/mol. The molecule has 12 heavy (non-hydrogen) atoms. The highest BCUT2D eigenvalue weighted by molar-refractivity contribution is 5.54. The highest BCUT2D eigenvalue weighted by atomic mass is 16.5. The van der Waals surface area contributed by atoms with Crippen LogP contribution in [0.3, 0.4) is 0 Å². The van der Waals surface area contributed by atoms with Gasteiger partial charge in [0.2, 0.25) is 0 Å². The molecule has 0 aliphatic carbocycles. The SMILES string of the molecule is [CH2]Nc1ccc(OC)c(OC)c1.